The Bertz CT molecular complexity index is 409. The average molecular weight is 507 g/mol. The molecule has 2 atom stereocenters. The molecule has 0 aliphatic carbocycles. The van der Waals surface area contributed by atoms with Gasteiger partial charge in [0.05, 0.1) is 25.4 Å². The lowest BCUT2D eigenvalue weighted by Crippen LogP contribution is -2.45. The number of hydrogen-bond acceptors (Lipinski definition) is 7. The maximum Gasteiger partial charge on any atom is 0.283 e. The van der Waals surface area contributed by atoms with Gasteiger partial charge in [-0.05, 0) is 53.4 Å². The van der Waals surface area contributed by atoms with Gasteiger partial charge in [0.15, 0.2) is 0 Å². The fraction of sp³-hybridized carbons (Fsp3) is 1.00. The summed E-state index contributed by atoms with van der Waals surface area (Å²) in [6.07, 6.45) is 8.91. The van der Waals surface area contributed by atoms with Gasteiger partial charge in [-0.1, -0.05) is 53.4 Å². The Hall–Kier alpha value is -0.280. The highest BCUT2D eigenvalue weighted by Crippen LogP contribution is 2.28. The third-order valence-corrected chi connectivity index (χ3v) is 5.65. The summed E-state index contributed by atoms with van der Waals surface area (Å²) in [5.74, 6) is -2.03. The van der Waals surface area contributed by atoms with E-state index in [-0.39, 0.29) is 12.2 Å². The van der Waals surface area contributed by atoms with Crippen molar-refractivity contribution >= 4 is 0 Å². The summed E-state index contributed by atoms with van der Waals surface area (Å²) in [7, 11) is 0. The van der Waals surface area contributed by atoms with E-state index >= 15 is 0 Å². The van der Waals surface area contributed by atoms with Gasteiger partial charge in [0, 0.05) is 39.3 Å². The molecular weight excluding hydrogens is 448 g/mol. The molecule has 7 heteroatoms. The van der Waals surface area contributed by atoms with Crippen LogP contribution in [-0.2, 0) is 33.2 Å². The van der Waals surface area contributed by atoms with Gasteiger partial charge in [0.1, 0.15) is 0 Å². The molecule has 0 bridgehead atoms. The summed E-state index contributed by atoms with van der Waals surface area (Å²) in [6, 6.07) is 0. The summed E-state index contributed by atoms with van der Waals surface area (Å²) < 4.78 is 43.2. The van der Waals surface area contributed by atoms with Gasteiger partial charge in [-0.15, -0.1) is 0 Å². The first-order chi connectivity index (χ1) is 16.9. The first-order valence-electron chi connectivity index (χ1n) is 14.4. The Labute approximate surface area is 216 Å². The minimum absolute atomic E-state index is 0.124. The second kappa shape index (κ2) is 21.8. The molecule has 0 aliphatic heterocycles. The van der Waals surface area contributed by atoms with Crippen molar-refractivity contribution in [3.63, 3.8) is 0 Å². The number of hydrogen-bond donors (Lipinski definition) is 0. The molecule has 0 aliphatic rings. The Morgan fingerprint density at radius 2 is 0.829 bits per heavy atom. The van der Waals surface area contributed by atoms with E-state index in [4.69, 9.17) is 33.2 Å². The largest absolute Gasteiger partial charge is 0.376 e. The molecule has 0 fully saturated rings. The van der Waals surface area contributed by atoms with Crippen molar-refractivity contribution in [1.82, 2.24) is 0 Å². The summed E-state index contributed by atoms with van der Waals surface area (Å²) in [4.78, 5) is 0. The molecule has 0 rings (SSSR count). The Morgan fingerprint density at radius 3 is 1.09 bits per heavy atom. The van der Waals surface area contributed by atoms with E-state index in [1.54, 1.807) is 0 Å². The third kappa shape index (κ3) is 14.9. The maximum absolute atomic E-state index is 6.47. The van der Waals surface area contributed by atoms with Crippen LogP contribution < -0.4 is 0 Å². The Kier molecular flexibility index (Phi) is 21.6. The lowest BCUT2D eigenvalue weighted by atomic mass is 10.2. The van der Waals surface area contributed by atoms with E-state index in [0.717, 1.165) is 51.4 Å². The Balaban J connectivity index is 5.31. The molecule has 0 radical (unpaired) electrons. The van der Waals surface area contributed by atoms with Crippen LogP contribution in [0.2, 0.25) is 0 Å². The zero-order valence-electron chi connectivity index (χ0n) is 24.3. The smallest absolute Gasteiger partial charge is 0.283 e. The molecule has 0 saturated carbocycles. The molecule has 0 saturated heterocycles. The van der Waals surface area contributed by atoms with Gasteiger partial charge in [0.25, 0.3) is 11.9 Å². The number of ether oxygens (including phenoxy) is 7. The SMILES string of the molecule is CCCCC(OCC)(OCC)OC(CCC)COCC(CCC)OC(CCCC)(OCC)OCC. The van der Waals surface area contributed by atoms with Gasteiger partial charge in [-0.25, -0.2) is 0 Å². The first-order valence-corrected chi connectivity index (χ1v) is 14.4. The first kappa shape index (κ1) is 34.7. The molecule has 0 amide bonds. The van der Waals surface area contributed by atoms with Crippen molar-refractivity contribution in [2.24, 2.45) is 0 Å². The van der Waals surface area contributed by atoms with Gasteiger partial charge >= 0.3 is 0 Å². The lowest BCUT2D eigenvalue weighted by Gasteiger charge is -2.37. The second-order valence-corrected chi connectivity index (χ2v) is 8.90. The number of rotatable bonds is 26. The summed E-state index contributed by atoms with van der Waals surface area (Å²) in [5.41, 5.74) is 0. The zero-order valence-corrected chi connectivity index (χ0v) is 24.3. The van der Waals surface area contributed by atoms with E-state index in [1.807, 2.05) is 27.7 Å². The van der Waals surface area contributed by atoms with Crippen molar-refractivity contribution < 1.29 is 33.2 Å². The predicted molar refractivity (Wildman–Crippen MR) is 141 cm³/mol. The summed E-state index contributed by atoms with van der Waals surface area (Å²) in [5, 5.41) is 0. The van der Waals surface area contributed by atoms with Crippen LogP contribution in [0.5, 0.6) is 0 Å². The van der Waals surface area contributed by atoms with Crippen molar-refractivity contribution in [2.75, 3.05) is 39.6 Å². The summed E-state index contributed by atoms with van der Waals surface area (Å²) in [6.45, 7) is 19.6. The van der Waals surface area contributed by atoms with Gasteiger partial charge in [-0.2, -0.15) is 0 Å². The molecule has 212 valence electrons. The van der Waals surface area contributed by atoms with Crippen LogP contribution in [0.1, 0.15) is 120 Å². The maximum atomic E-state index is 6.47. The molecule has 35 heavy (non-hydrogen) atoms. The van der Waals surface area contributed by atoms with E-state index in [1.165, 1.54) is 0 Å². The van der Waals surface area contributed by atoms with Gasteiger partial charge in [0.2, 0.25) is 0 Å². The molecule has 0 aromatic rings. The van der Waals surface area contributed by atoms with Crippen LogP contribution in [0, 0.1) is 0 Å². The highest BCUT2D eigenvalue weighted by atomic mass is 16.9. The topological polar surface area (TPSA) is 64.6 Å². The van der Waals surface area contributed by atoms with E-state index in [0.29, 0.717) is 52.5 Å². The highest BCUT2D eigenvalue weighted by Gasteiger charge is 2.37. The molecule has 0 spiro atoms. The summed E-state index contributed by atoms with van der Waals surface area (Å²) >= 11 is 0. The van der Waals surface area contributed by atoms with E-state index in [2.05, 4.69) is 27.7 Å². The van der Waals surface area contributed by atoms with E-state index in [9.17, 15) is 0 Å². The van der Waals surface area contributed by atoms with Crippen LogP contribution >= 0.6 is 0 Å². The lowest BCUT2D eigenvalue weighted by molar-refractivity contribution is -0.401. The van der Waals surface area contributed by atoms with Crippen LogP contribution in [0.3, 0.4) is 0 Å². The minimum atomic E-state index is -1.01. The molecule has 0 aromatic carbocycles. The third-order valence-electron chi connectivity index (χ3n) is 5.65. The van der Waals surface area contributed by atoms with Crippen molar-refractivity contribution in [3.05, 3.63) is 0 Å². The Morgan fingerprint density at radius 1 is 0.486 bits per heavy atom. The van der Waals surface area contributed by atoms with Crippen molar-refractivity contribution in [2.45, 2.75) is 144 Å². The van der Waals surface area contributed by atoms with Crippen LogP contribution in [-0.4, -0.2) is 63.8 Å². The van der Waals surface area contributed by atoms with Crippen molar-refractivity contribution in [1.29, 1.82) is 0 Å². The standard InChI is InChI=1S/C28H58O7/c1-9-17-21-27(30-13-5,31-14-6)34-25(19-11-3)23-29-24-26(20-12-4)35-28(32-15-7,33-16-8)22-18-10-2/h25-26H,9-24H2,1-8H3. The fourth-order valence-corrected chi connectivity index (χ4v) is 4.13. The average Bonchev–Trinajstić information content (AvgIpc) is 2.82. The molecule has 0 heterocycles. The monoisotopic (exact) mass is 506 g/mol. The van der Waals surface area contributed by atoms with Crippen LogP contribution in [0.4, 0.5) is 0 Å². The van der Waals surface area contributed by atoms with Gasteiger partial charge < -0.3 is 33.2 Å². The zero-order chi connectivity index (χ0) is 26.4. The second-order valence-electron chi connectivity index (χ2n) is 8.90. The van der Waals surface area contributed by atoms with Gasteiger partial charge in [-0.3, -0.25) is 0 Å². The molecular formula is C28H58O7. The van der Waals surface area contributed by atoms with Crippen molar-refractivity contribution in [3.8, 4) is 0 Å². The fourth-order valence-electron chi connectivity index (χ4n) is 4.13. The van der Waals surface area contributed by atoms with Crippen LogP contribution in [0.15, 0.2) is 0 Å². The predicted octanol–water partition coefficient (Wildman–Crippen LogP) is 7.21. The normalized spacial score (nSPS) is 14.4. The molecule has 2 unspecified atom stereocenters. The highest BCUT2D eigenvalue weighted by molar-refractivity contribution is 4.68. The quantitative estimate of drug-likeness (QED) is 0.115. The van der Waals surface area contributed by atoms with E-state index < -0.39 is 11.9 Å². The molecule has 7 nitrogen and oxygen atoms in total. The van der Waals surface area contributed by atoms with Crippen LogP contribution in [0.25, 0.3) is 0 Å². The molecule has 0 aromatic heterocycles. The molecule has 0 N–H and O–H groups in total. The minimum Gasteiger partial charge on any atom is -0.376 e. The number of unbranched alkanes of at least 4 members (excludes halogenated alkanes) is 2.